The number of anilines is 2. The Morgan fingerprint density at radius 1 is 1.19 bits per heavy atom. The molecule has 0 bridgehead atoms. The van der Waals surface area contributed by atoms with Crippen molar-refractivity contribution < 1.29 is 18.7 Å². The molecule has 1 N–H and O–H groups in total. The van der Waals surface area contributed by atoms with E-state index < -0.39 is 5.82 Å². The van der Waals surface area contributed by atoms with E-state index in [1.54, 1.807) is 48.7 Å². The molecule has 2 heterocycles. The van der Waals surface area contributed by atoms with Crippen molar-refractivity contribution in [2.45, 2.75) is 6.92 Å². The lowest BCUT2D eigenvalue weighted by atomic mass is 10.1. The molecule has 0 aliphatic carbocycles. The number of nitrogens with zero attached hydrogens (tertiary/aromatic N) is 4. The smallest absolute Gasteiger partial charge is 0.253 e. The number of halogens is 2. The molecule has 0 radical (unpaired) electrons. The Balaban J connectivity index is 1.53. The molecule has 0 atom stereocenters. The number of ether oxygens (including phenoxy) is 2. The van der Waals surface area contributed by atoms with E-state index in [4.69, 9.17) is 21.1 Å². The molecular formula is C26H27ClFN5O3. The highest BCUT2D eigenvalue weighted by Gasteiger charge is 2.16. The van der Waals surface area contributed by atoms with Gasteiger partial charge in [0.2, 0.25) is 0 Å². The van der Waals surface area contributed by atoms with Gasteiger partial charge < -0.3 is 19.7 Å². The SMILES string of the molecule is COc1ccc(-c2cnc3c(Nc4ccc(C(=O)N(C)CCOCCCl)c(C)c4)nccn23)cc1F. The van der Waals surface area contributed by atoms with Crippen molar-refractivity contribution in [3.05, 3.63) is 71.9 Å². The van der Waals surface area contributed by atoms with Gasteiger partial charge in [0.25, 0.3) is 5.91 Å². The van der Waals surface area contributed by atoms with Gasteiger partial charge in [-0.2, -0.15) is 0 Å². The molecule has 10 heteroatoms. The zero-order valence-corrected chi connectivity index (χ0v) is 21.1. The van der Waals surface area contributed by atoms with Crippen molar-refractivity contribution in [2.24, 2.45) is 0 Å². The summed E-state index contributed by atoms with van der Waals surface area (Å²) in [6, 6.07) is 10.3. The summed E-state index contributed by atoms with van der Waals surface area (Å²) in [5.41, 5.74) is 4.15. The Labute approximate surface area is 213 Å². The van der Waals surface area contributed by atoms with Crippen LogP contribution in [0.15, 0.2) is 55.0 Å². The first kappa shape index (κ1) is 25.4. The Morgan fingerprint density at radius 3 is 2.75 bits per heavy atom. The number of fused-ring (bicyclic) bond motifs is 1. The van der Waals surface area contributed by atoms with Crippen LogP contribution in [0.3, 0.4) is 0 Å². The van der Waals surface area contributed by atoms with Crippen LogP contribution >= 0.6 is 11.6 Å². The van der Waals surface area contributed by atoms with Crippen molar-refractivity contribution in [3.63, 3.8) is 0 Å². The van der Waals surface area contributed by atoms with Gasteiger partial charge in [0.15, 0.2) is 23.0 Å². The molecule has 8 nitrogen and oxygen atoms in total. The van der Waals surface area contributed by atoms with Gasteiger partial charge in [0.1, 0.15) is 0 Å². The molecule has 0 unspecified atom stereocenters. The standard InChI is InChI=1S/C26H27ClFN5O3/c1-17-14-19(5-6-20(17)26(34)32(2)11-13-36-12-8-27)31-24-25-30-16-22(33(25)10-9-29-24)18-4-7-23(35-3)21(28)15-18/h4-7,9-10,14-16H,8,11-13H2,1-3H3,(H,29,31). The van der Waals surface area contributed by atoms with E-state index >= 15 is 0 Å². The molecule has 188 valence electrons. The Kier molecular flexibility index (Phi) is 8.02. The molecule has 4 aromatic rings. The third-order valence-electron chi connectivity index (χ3n) is 5.73. The first-order chi connectivity index (χ1) is 17.4. The molecule has 0 aliphatic heterocycles. The quantitative estimate of drug-likeness (QED) is 0.240. The van der Waals surface area contributed by atoms with Gasteiger partial charge in [-0.15, -0.1) is 11.6 Å². The van der Waals surface area contributed by atoms with Crippen LogP contribution in [-0.2, 0) is 4.74 Å². The second-order valence-corrected chi connectivity index (χ2v) is 8.52. The predicted octanol–water partition coefficient (Wildman–Crippen LogP) is 4.92. The normalized spacial score (nSPS) is 11.0. The van der Waals surface area contributed by atoms with Crippen molar-refractivity contribution in [2.75, 3.05) is 45.1 Å². The van der Waals surface area contributed by atoms with Crippen LogP contribution in [0.4, 0.5) is 15.9 Å². The summed E-state index contributed by atoms with van der Waals surface area (Å²) < 4.78 is 26.5. The number of likely N-dealkylation sites (N-methyl/N-ethyl adjacent to an activating group) is 1. The number of aromatic nitrogens is 3. The summed E-state index contributed by atoms with van der Waals surface area (Å²) in [7, 11) is 3.17. The fraction of sp³-hybridized carbons (Fsp3) is 0.269. The van der Waals surface area contributed by atoms with Gasteiger partial charge in [0.05, 0.1) is 32.2 Å². The molecule has 36 heavy (non-hydrogen) atoms. The van der Waals surface area contributed by atoms with Crippen LogP contribution in [0.25, 0.3) is 16.9 Å². The summed E-state index contributed by atoms with van der Waals surface area (Å²) in [5.74, 6) is 0.604. The molecule has 0 fully saturated rings. The first-order valence-corrected chi connectivity index (χ1v) is 11.9. The topological polar surface area (TPSA) is 81.0 Å². The summed E-state index contributed by atoms with van der Waals surface area (Å²) in [6.45, 7) is 3.25. The van der Waals surface area contributed by atoms with E-state index in [0.29, 0.717) is 53.9 Å². The van der Waals surface area contributed by atoms with Crippen LogP contribution < -0.4 is 10.1 Å². The third-order valence-corrected chi connectivity index (χ3v) is 5.89. The molecule has 1 amide bonds. The van der Waals surface area contributed by atoms with Gasteiger partial charge in [-0.1, -0.05) is 0 Å². The number of benzene rings is 2. The fourth-order valence-corrected chi connectivity index (χ4v) is 3.94. The maximum absolute atomic E-state index is 14.3. The zero-order valence-electron chi connectivity index (χ0n) is 20.3. The van der Waals surface area contributed by atoms with Crippen molar-refractivity contribution in [3.8, 4) is 17.0 Å². The number of nitrogens with one attached hydrogen (secondary N) is 1. The number of methoxy groups -OCH3 is 1. The van der Waals surface area contributed by atoms with Crippen LogP contribution in [0.2, 0.25) is 0 Å². The van der Waals surface area contributed by atoms with E-state index in [1.165, 1.54) is 13.2 Å². The first-order valence-electron chi connectivity index (χ1n) is 11.4. The van der Waals surface area contributed by atoms with Crippen LogP contribution in [-0.4, -0.2) is 65.0 Å². The molecule has 0 aliphatic rings. The van der Waals surface area contributed by atoms with E-state index in [1.807, 2.05) is 23.5 Å². The highest BCUT2D eigenvalue weighted by Crippen LogP contribution is 2.28. The number of hydrogen-bond acceptors (Lipinski definition) is 6. The summed E-state index contributed by atoms with van der Waals surface area (Å²) in [4.78, 5) is 23.4. The van der Waals surface area contributed by atoms with Gasteiger partial charge in [-0.05, 0) is 48.9 Å². The van der Waals surface area contributed by atoms with Gasteiger partial charge >= 0.3 is 0 Å². The molecular weight excluding hydrogens is 485 g/mol. The van der Waals surface area contributed by atoms with E-state index in [-0.39, 0.29) is 11.7 Å². The number of rotatable bonds is 10. The molecule has 0 saturated carbocycles. The second kappa shape index (κ2) is 11.4. The van der Waals surface area contributed by atoms with Crippen LogP contribution in [0, 0.1) is 12.7 Å². The lowest BCUT2D eigenvalue weighted by molar-refractivity contribution is 0.0711. The van der Waals surface area contributed by atoms with Gasteiger partial charge in [-0.3, -0.25) is 9.20 Å². The van der Waals surface area contributed by atoms with Gasteiger partial charge in [-0.25, -0.2) is 14.4 Å². The highest BCUT2D eigenvalue weighted by atomic mass is 35.5. The molecule has 2 aromatic heterocycles. The molecule has 2 aromatic carbocycles. The number of carbonyl (C=O) groups is 1. The predicted molar refractivity (Wildman–Crippen MR) is 138 cm³/mol. The lowest BCUT2D eigenvalue weighted by Gasteiger charge is -2.19. The minimum Gasteiger partial charge on any atom is -0.494 e. The average molecular weight is 512 g/mol. The monoisotopic (exact) mass is 511 g/mol. The van der Waals surface area contributed by atoms with E-state index in [2.05, 4.69) is 15.3 Å². The summed E-state index contributed by atoms with van der Waals surface area (Å²) >= 11 is 5.61. The van der Waals surface area contributed by atoms with E-state index in [9.17, 15) is 9.18 Å². The molecule has 0 saturated heterocycles. The Morgan fingerprint density at radius 2 is 2.03 bits per heavy atom. The Hall–Kier alpha value is -3.69. The third kappa shape index (κ3) is 5.42. The minimum atomic E-state index is -0.448. The largest absolute Gasteiger partial charge is 0.494 e. The number of carbonyl (C=O) groups excluding carboxylic acids is 1. The summed E-state index contributed by atoms with van der Waals surface area (Å²) in [6.07, 6.45) is 5.08. The van der Waals surface area contributed by atoms with Crippen molar-refractivity contribution in [1.29, 1.82) is 0 Å². The van der Waals surface area contributed by atoms with Crippen LogP contribution in [0.5, 0.6) is 5.75 Å². The lowest BCUT2D eigenvalue weighted by Crippen LogP contribution is -2.30. The average Bonchev–Trinajstić information content (AvgIpc) is 3.31. The minimum absolute atomic E-state index is 0.0848. The van der Waals surface area contributed by atoms with Gasteiger partial charge in [0, 0.05) is 48.7 Å². The fourth-order valence-electron chi connectivity index (χ4n) is 3.83. The number of aryl methyl sites for hydroxylation is 1. The maximum atomic E-state index is 14.3. The summed E-state index contributed by atoms with van der Waals surface area (Å²) in [5, 5.41) is 3.28. The van der Waals surface area contributed by atoms with E-state index in [0.717, 1.165) is 11.3 Å². The maximum Gasteiger partial charge on any atom is 0.253 e. The zero-order chi connectivity index (χ0) is 25.7. The number of alkyl halides is 1. The Bertz CT molecular complexity index is 1380. The molecule has 4 rings (SSSR count). The highest BCUT2D eigenvalue weighted by molar-refractivity contribution is 6.17. The molecule has 0 spiro atoms. The van der Waals surface area contributed by atoms with Crippen molar-refractivity contribution >= 4 is 34.7 Å². The second-order valence-electron chi connectivity index (χ2n) is 8.14. The number of hydrogen-bond donors (Lipinski definition) is 1. The number of imidazole rings is 1. The van der Waals surface area contributed by atoms with Crippen molar-refractivity contribution in [1.82, 2.24) is 19.3 Å². The van der Waals surface area contributed by atoms with Crippen LogP contribution in [0.1, 0.15) is 15.9 Å². The number of amides is 1.